The highest BCUT2D eigenvalue weighted by Crippen LogP contribution is 2.29. The average Bonchev–Trinajstić information content (AvgIpc) is 3.16. The van der Waals surface area contributed by atoms with Gasteiger partial charge in [-0.25, -0.2) is 8.42 Å². The van der Waals surface area contributed by atoms with Gasteiger partial charge in [0.25, 0.3) is 5.91 Å². The number of benzene rings is 2. The Balaban J connectivity index is 1.48. The summed E-state index contributed by atoms with van der Waals surface area (Å²) in [7, 11) is -0.702. The van der Waals surface area contributed by atoms with Crippen molar-refractivity contribution in [2.75, 3.05) is 40.4 Å². The lowest BCUT2D eigenvalue weighted by atomic mass is 10.1. The highest BCUT2D eigenvalue weighted by atomic mass is 32.2. The minimum Gasteiger partial charge on any atom is -0.493 e. The highest BCUT2D eigenvalue weighted by molar-refractivity contribution is 7.89. The molecule has 0 aliphatic carbocycles. The summed E-state index contributed by atoms with van der Waals surface area (Å²) in [6.07, 6.45) is 0. The number of rotatable bonds is 7. The molecular formula is C25H30N4O5S. The topological polar surface area (TPSA) is 94.0 Å². The molecule has 0 N–H and O–H groups in total. The molecule has 2 heterocycles. The van der Waals surface area contributed by atoms with E-state index in [9.17, 15) is 13.2 Å². The molecule has 4 rings (SSSR count). The fraction of sp³-hybridized carbons (Fsp3) is 0.360. The summed E-state index contributed by atoms with van der Waals surface area (Å²) in [6, 6.07) is 14.8. The van der Waals surface area contributed by atoms with Gasteiger partial charge in [0.2, 0.25) is 10.0 Å². The molecule has 1 amide bonds. The van der Waals surface area contributed by atoms with Gasteiger partial charge in [0.15, 0.2) is 11.5 Å². The molecule has 35 heavy (non-hydrogen) atoms. The van der Waals surface area contributed by atoms with Gasteiger partial charge in [0.05, 0.1) is 32.2 Å². The van der Waals surface area contributed by atoms with Gasteiger partial charge < -0.3 is 14.4 Å². The standard InChI is InChI=1S/C25H30N4O5S/c1-18-24(19(2)29(26-18)17-20-8-6-5-7-9-20)35(31,32)28-14-12-27(13-15-28)25(30)21-10-11-22(33-3)23(16-21)34-4/h5-11,16H,12-15,17H2,1-4H3. The number of sulfonamides is 1. The number of nitrogens with zero attached hydrogens (tertiary/aromatic N) is 4. The van der Waals surface area contributed by atoms with E-state index in [1.165, 1.54) is 18.5 Å². The molecule has 0 saturated carbocycles. The Morgan fingerprint density at radius 2 is 1.60 bits per heavy atom. The summed E-state index contributed by atoms with van der Waals surface area (Å²) < 4.78 is 40.8. The molecule has 0 radical (unpaired) electrons. The molecule has 2 aromatic carbocycles. The van der Waals surface area contributed by atoms with E-state index < -0.39 is 10.0 Å². The molecule has 10 heteroatoms. The Kier molecular flexibility index (Phi) is 7.13. The minimum absolute atomic E-state index is 0.175. The normalized spacial score (nSPS) is 14.7. The number of hydrogen-bond donors (Lipinski definition) is 0. The van der Waals surface area contributed by atoms with E-state index in [0.29, 0.717) is 48.1 Å². The maximum atomic E-state index is 13.5. The van der Waals surface area contributed by atoms with Crippen LogP contribution in [0.3, 0.4) is 0 Å². The van der Waals surface area contributed by atoms with E-state index in [2.05, 4.69) is 5.10 Å². The zero-order valence-electron chi connectivity index (χ0n) is 20.4. The molecule has 9 nitrogen and oxygen atoms in total. The quantitative estimate of drug-likeness (QED) is 0.497. The van der Waals surface area contributed by atoms with Gasteiger partial charge in [-0.1, -0.05) is 30.3 Å². The van der Waals surface area contributed by atoms with E-state index >= 15 is 0 Å². The van der Waals surface area contributed by atoms with E-state index in [4.69, 9.17) is 9.47 Å². The predicted octanol–water partition coefficient (Wildman–Crippen LogP) is 2.71. The van der Waals surface area contributed by atoms with E-state index in [-0.39, 0.29) is 23.9 Å². The van der Waals surface area contributed by atoms with Crippen molar-refractivity contribution in [1.82, 2.24) is 19.0 Å². The highest BCUT2D eigenvalue weighted by Gasteiger charge is 2.34. The smallest absolute Gasteiger partial charge is 0.254 e. The summed E-state index contributed by atoms with van der Waals surface area (Å²) >= 11 is 0. The number of carbonyl (C=O) groups is 1. The van der Waals surface area contributed by atoms with Crippen LogP contribution in [0, 0.1) is 13.8 Å². The van der Waals surface area contributed by atoms with Crippen LogP contribution in [0.4, 0.5) is 0 Å². The first-order valence-corrected chi connectivity index (χ1v) is 12.8. The van der Waals surface area contributed by atoms with Crippen LogP contribution in [0.1, 0.15) is 27.3 Å². The number of amides is 1. The van der Waals surface area contributed by atoms with E-state index in [0.717, 1.165) is 5.56 Å². The first-order chi connectivity index (χ1) is 16.8. The number of piperazine rings is 1. The summed E-state index contributed by atoms with van der Waals surface area (Å²) in [4.78, 5) is 14.9. The van der Waals surface area contributed by atoms with Gasteiger partial charge in [-0.05, 0) is 37.6 Å². The Hall–Kier alpha value is -3.37. The van der Waals surface area contributed by atoms with Crippen LogP contribution in [0.15, 0.2) is 53.4 Å². The van der Waals surface area contributed by atoms with Crippen molar-refractivity contribution in [2.24, 2.45) is 0 Å². The molecule has 186 valence electrons. The second-order valence-electron chi connectivity index (χ2n) is 8.41. The fourth-order valence-corrected chi connectivity index (χ4v) is 6.17. The maximum Gasteiger partial charge on any atom is 0.254 e. The van der Waals surface area contributed by atoms with Crippen molar-refractivity contribution >= 4 is 15.9 Å². The summed E-state index contributed by atoms with van der Waals surface area (Å²) in [5, 5.41) is 4.50. The second kappa shape index (κ2) is 10.1. The molecule has 0 unspecified atom stereocenters. The van der Waals surface area contributed by atoms with Crippen LogP contribution in [-0.4, -0.2) is 73.7 Å². The third-order valence-electron chi connectivity index (χ3n) is 6.24. The van der Waals surface area contributed by atoms with Crippen LogP contribution >= 0.6 is 0 Å². The summed E-state index contributed by atoms with van der Waals surface area (Å²) in [5.74, 6) is 0.836. The molecule has 1 aliphatic heterocycles. The van der Waals surface area contributed by atoms with Crippen LogP contribution in [0.2, 0.25) is 0 Å². The molecule has 1 fully saturated rings. The second-order valence-corrected chi connectivity index (χ2v) is 10.3. The first-order valence-electron chi connectivity index (χ1n) is 11.4. The minimum atomic E-state index is -3.75. The third-order valence-corrected chi connectivity index (χ3v) is 8.40. The molecule has 3 aromatic rings. The number of ether oxygens (including phenoxy) is 2. The SMILES string of the molecule is COc1ccc(C(=O)N2CCN(S(=O)(=O)c3c(C)nn(Cc4ccccc4)c3C)CC2)cc1OC. The maximum absolute atomic E-state index is 13.5. The van der Waals surface area contributed by atoms with Crippen LogP contribution in [-0.2, 0) is 16.6 Å². The van der Waals surface area contributed by atoms with Crippen LogP contribution in [0.5, 0.6) is 11.5 Å². The largest absolute Gasteiger partial charge is 0.493 e. The monoisotopic (exact) mass is 498 g/mol. The van der Waals surface area contributed by atoms with Crippen molar-refractivity contribution in [3.05, 3.63) is 71.0 Å². The molecule has 0 atom stereocenters. The number of hydrogen-bond acceptors (Lipinski definition) is 6. The zero-order chi connectivity index (χ0) is 25.2. The molecule has 1 aromatic heterocycles. The Labute approximate surface area is 205 Å². The van der Waals surface area contributed by atoms with Crippen molar-refractivity contribution < 1.29 is 22.7 Å². The van der Waals surface area contributed by atoms with Crippen molar-refractivity contribution in [3.63, 3.8) is 0 Å². The van der Waals surface area contributed by atoms with Gasteiger partial charge in [0.1, 0.15) is 4.90 Å². The molecule has 0 spiro atoms. The lowest BCUT2D eigenvalue weighted by Gasteiger charge is -2.34. The Morgan fingerprint density at radius 3 is 2.23 bits per heavy atom. The molecule has 1 saturated heterocycles. The fourth-order valence-electron chi connectivity index (χ4n) is 4.38. The Morgan fingerprint density at radius 1 is 0.943 bits per heavy atom. The van der Waals surface area contributed by atoms with Crippen LogP contribution < -0.4 is 9.47 Å². The van der Waals surface area contributed by atoms with Gasteiger partial charge in [-0.15, -0.1) is 0 Å². The van der Waals surface area contributed by atoms with Gasteiger partial charge in [0, 0.05) is 31.7 Å². The lowest BCUT2D eigenvalue weighted by molar-refractivity contribution is 0.0697. The summed E-state index contributed by atoms with van der Waals surface area (Å²) in [5.41, 5.74) is 2.59. The molecule has 0 bridgehead atoms. The number of aromatic nitrogens is 2. The van der Waals surface area contributed by atoms with Gasteiger partial charge >= 0.3 is 0 Å². The van der Waals surface area contributed by atoms with Crippen molar-refractivity contribution in [2.45, 2.75) is 25.3 Å². The van der Waals surface area contributed by atoms with E-state index in [1.54, 1.807) is 41.6 Å². The Bertz CT molecular complexity index is 1310. The third kappa shape index (κ3) is 4.89. The first kappa shape index (κ1) is 24.7. The van der Waals surface area contributed by atoms with E-state index in [1.807, 2.05) is 30.3 Å². The van der Waals surface area contributed by atoms with Gasteiger partial charge in [-0.3, -0.25) is 9.48 Å². The summed E-state index contributed by atoms with van der Waals surface area (Å²) in [6.45, 7) is 5.01. The number of aryl methyl sites for hydroxylation is 1. The average molecular weight is 499 g/mol. The molecular weight excluding hydrogens is 468 g/mol. The van der Waals surface area contributed by atoms with Gasteiger partial charge in [-0.2, -0.15) is 9.40 Å². The van der Waals surface area contributed by atoms with Crippen molar-refractivity contribution in [3.8, 4) is 11.5 Å². The predicted molar refractivity (Wildman–Crippen MR) is 131 cm³/mol. The van der Waals surface area contributed by atoms with Crippen LogP contribution in [0.25, 0.3) is 0 Å². The number of methoxy groups -OCH3 is 2. The number of carbonyl (C=O) groups excluding carboxylic acids is 1. The lowest BCUT2D eigenvalue weighted by Crippen LogP contribution is -2.50. The zero-order valence-corrected chi connectivity index (χ0v) is 21.2. The van der Waals surface area contributed by atoms with Crippen molar-refractivity contribution in [1.29, 1.82) is 0 Å². The molecule has 1 aliphatic rings.